The summed E-state index contributed by atoms with van der Waals surface area (Å²) in [4.78, 5) is 4.18. The number of aliphatic imine (C=N–C) groups is 1. The van der Waals surface area contributed by atoms with Crippen LogP contribution in [0, 0.1) is 11.7 Å². The molecule has 0 amide bonds. The minimum atomic E-state index is -0.165. The fourth-order valence-corrected chi connectivity index (χ4v) is 1.89. The predicted molar refractivity (Wildman–Crippen MR) is 83.5 cm³/mol. The summed E-state index contributed by atoms with van der Waals surface area (Å²) >= 11 is 0. The molecule has 0 radical (unpaired) electrons. The zero-order chi connectivity index (χ0) is 14.8. The summed E-state index contributed by atoms with van der Waals surface area (Å²) in [6, 6.07) is 6.78. The van der Waals surface area contributed by atoms with Crippen molar-refractivity contribution in [3.8, 4) is 0 Å². The number of hydrogen-bond acceptors (Lipinski definition) is 1. The van der Waals surface area contributed by atoms with Gasteiger partial charge in [-0.05, 0) is 42.9 Å². The Morgan fingerprint density at radius 2 is 2.00 bits per heavy atom. The first-order chi connectivity index (χ1) is 9.61. The average Bonchev–Trinajstić information content (AvgIpc) is 2.41. The normalized spacial score (nSPS) is 11.8. The van der Waals surface area contributed by atoms with Gasteiger partial charge in [-0.25, -0.2) is 4.39 Å². The van der Waals surface area contributed by atoms with E-state index in [0.29, 0.717) is 5.92 Å². The molecular weight excluding hydrogens is 253 g/mol. The number of halogens is 1. The maximum Gasteiger partial charge on any atom is 0.190 e. The van der Waals surface area contributed by atoms with Crippen LogP contribution in [0.4, 0.5) is 4.39 Å². The molecule has 1 rings (SSSR count). The molecule has 0 fully saturated rings. The number of hydrogen-bond donors (Lipinski definition) is 2. The van der Waals surface area contributed by atoms with Gasteiger partial charge >= 0.3 is 0 Å². The summed E-state index contributed by atoms with van der Waals surface area (Å²) < 4.78 is 13.0. The molecule has 0 aliphatic carbocycles. The average molecular weight is 279 g/mol. The lowest BCUT2D eigenvalue weighted by Gasteiger charge is -2.12. The fraction of sp³-hybridized carbons (Fsp3) is 0.562. The fourth-order valence-electron chi connectivity index (χ4n) is 1.89. The molecular formula is C16H26FN3. The smallest absolute Gasteiger partial charge is 0.190 e. The second-order valence-corrected chi connectivity index (χ2v) is 5.34. The Bertz CT molecular complexity index is 416. The number of nitrogens with zero attached hydrogens (tertiary/aromatic N) is 1. The van der Waals surface area contributed by atoms with E-state index in [4.69, 9.17) is 0 Å². The van der Waals surface area contributed by atoms with Gasteiger partial charge in [-0.3, -0.25) is 4.99 Å². The van der Waals surface area contributed by atoms with Crippen LogP contribution in [0.5, 0.6) is 0 Å². The number of benzene rings is 1. The summed E-state index contributed by atoms with van der Waals surface area (Å²) in [7, 11) is 1.78. The highest BCUT2D eigenvalue weighted by atomic mass is 19.1. The van der Waals surface area contributed by atoms with E-state index in [0.717, 1.165) is 43.9 Å². The van der Waals surface area contributed by atoms with Crippen molar-refractivity contribution in [2.75, 3.05) is 20.1 Å². The second-order valence-electron chi connectivity index (χ2n) is 5.34. The van der Waals surface area contributed by atoms with Crippen molar-refractivity contribution in [1.29, 1.82) is 0 Å². The monoisotopic (exact) mass is 279 g/mol. The van der Waals surface area contributed by atoms with Gasteiger partial charge in [-0.1, -0.05) is 26.0 Å². The van der Waals surface area contributed by atoms with Crippen LogP contribution in [0.1, 0.15) is 32.3 Å². The Kier molecular flexibility index (Phi) is 7.70. The maximum absolute atomic E-state index is 13.0. The van der Waals surface area contributed by atoms with E-state index >= 15 is 0 Å². The molecule has 0 bridgehead atoms. The van der Waals surface area contributed by atoms with E-state index in [-0.39, 0.29) is 5.82 Å². The van der Waals surface area contributed by atoms with Gasteiger partial charge in [0.2, 0.25) is 0 Å². The zero-order valence-corrected chi connectivity index (χ0v) is 12.7. The topological polar surface area (TPSA) is 36.4 Å². The molecule has 0 spiro atoms. The van der Waals surface area contributed by atoms with Crippen LogP contribution >= 0.6 is 0 Å². The molecule has 4 heteroatoms. The lowest BCUT2D eigenvalue weighted by Crippen LogP contribution is -2.38. The molecule has 0 aromatic heterocycles. The molecule has 0 heterocycles. The van der Waals surface area contributed by atoms with Crippen molar-refractivity contribution in [1.82, 2.24) is 10.6 Å². The minimum Gasteiger partial charge on any atom is -0.356 e. The molecule has 0 unspecified atom stereocenters. The summed E-state index contributed by atoms with van der Waals surface area (Å²) in [6.07, 6.45) is 2.95. The van der Waals surface area contributed by atoms with Crippen molar-refractivity contribution < 1.29 is 4.39 Å². The first kappa shape index (κ1) is 16.5. The molecule has 0 aliphatic rings. The highest BCUT2D eigenvalue weighted by Gasteiger charge is 1.99. The van der Waals surface area contributed by atoms with Crippen LogP contribution < -0.4 is 10.6 Å². The third kappa shape index (κ3) is 7.12. The summed E-state index contributed by atoms with van der Waals surface area (Å²) in [6.45, 7) is 6.17. The third-order valence-corrected chi connectivity index (χ3v) is 3.06. The van der Waals surface area contributed by atoms with Crippen LogP contribution in [0.25, 0.3) is 0 Å². The Morgan fingerprint density at radius 3 is 2.65 bits per heavy atom. The highest BCUT2D eigenvalue weighted by Crippen LogP contribution is 2.05. The largest absolute Gasteiger partial charge is 0.356 e. The summed E-state index contributed by atoms with van der Waals surface area (Å²) in [5.74, 6) is 1.36. The van der Waals surface area contributed by atoms with Crippen molar-refractivity contribution in [3.63, 3.8) is 0 Å². The summed E-state index contributed by atoms with van der Waals surface area (Å²) in [5.41, 5.74) is 1.04. The molecule has 0 saturated carbocycles. The Balaban J connectivity index is 2.18. The van der Waals surface area contributed by atoms with E-state index in [1.165, 1.54) is 6.07 Å². The molecule has 1 aromatic rings. The summed E-state index contributed by atoms with van der Waals surface area (Å²) in [5, 5.41) is 6.56. The van der Waals surface area contributed by atoms with Crippen molar-refractivity contribution in [2.45, 2.75) is 33.1 Å². The number of nitrogens with one attached hydrogen (secondary N) is 2. The van der Waals surface area contributed by atoms with Crippen molar-refractivity contribution in [3.05, 3.63) is 35.6 Å². The van der Waals surface area contributed by atoms with Crippen LogP contribution in [-0.2, 0) is 6.42 Å². The predicted octanol–water partition coefficient (Wildman–Crippen LogP) is 2.97. The standard InChI is InChI=1S/C16H26FN3/c1-13(2)9-11-20-16(18-3)19-10-5-7-14-6-4-8-15(17)12-14/h4,6,8,12-13H,5,7,9-11H2,1-3H3,(H2,18,19,20). The lowest BCUT2D eigenvalue weighted by molar-refractivity contribution is 0.573. The zero-order valence-electron chi connectivity index (χ0n) is 12.7. The third-order valence-electron chi connectivity index (χ3n) is 3.06. The second kappa shape index (κ2) is 9.34. The molecule has 2 N–H and O–H groups in total. The molecule has 0 saturated heterocycles. The van der Waals surface area contributed by atoms with Gasteiger partial charge in [0.05, 0.1) is 0 Å². The Morgan fingerprint density at radius 1 is 1.25 bits per heavy atom. The first-order valence-corrected chi connectivity index (χ1v) is 7.30. The Hall–Kier alpha value is -1.58. The molecule has 1 aromatic carbocycles. The number of aryl methyl sites for hydroxylation is 1. The van der Waals surface area contributed by atoms with Gasteiger partial charge in [0.15, 0.2) is 5.96 Å². The lowest BCUT2D eigenvalue weighted by atomic mass is 10.1. The van der Waals surface area contributed by atoms with Crippen molar-refractivity contribution in [2.24, 2.45) is 10.9 Å². The van der Waals surface area contributed by atoms with Crippen LogP contribution in [-0.4, -0.2) is 26.1 Å². The van der Waals surface area contributed by atoms with Crippen LogP contribution in [0.15, 0.2) is 29.3 Å². The van der Waals surface area contributed by atoms with Gasteiger partial charge in [0.1, 0.15) is 5.82 Å². The van der Waals surface area contributed by atoms with Gasteiger partial charge < -0.3 is 10.6 Å². The van der Waals surface area contributed by atoms with Gasteiger partial charge in [0, 0.05) is 20.1 Å². The molecule has 112 valence electrons. The highest BCUT2D eigenvalue weighted by molar-refractivity contribution is 5.79. The van der Waals surface area contributed by atoms with E-state index in [1.54, 1.807) is 19.2 Å². The molecule has 3 nitrogen and oxygen atoms in total. The SMILES string of the molecule is CN=C(NCCCc1cccc(F)c1)NCCC(C)C. The molecule has 0 aliphatic heterocycles. The minimum absolute atomic E-state index is 0.165. The quantitative estimate of drug-likeness (QED) is 0.457. The first-order valence-electron chi connectivity index (χ1n) is 7.30. The van der Waals surface area contributed by atoms with E-state index < -0.39 is 0 Å². The molecule has 20 heavy (non-hydrogen) atoms. The van der Waals surface area contributed by atoms with Crippen molar-refractivity contribution >= 4 is 5.96 Å². The van der Waals surface area contributed by atoms with Gasteiger partial charge in [-0.2, -0.15) is 0 Å². The van der Waals surface area contributed by atoms with Crippen LogP contribution in [0.3, 0.4) is 0 Å². The molecule has 0 atom stereocenters. The van der Waals surface area contributed by atoms with E-state index in [9.17, 15) is 4.39 Å². The maximum atomic E-state index is 13.0. The Labute approximate surface area is 121 Å². The van der Waals surface area contributed by atoms with Crippen LogP contribution in [0.2, 0.25) is 0 Å². The van der Waals surface area contributed by atoms with Gasteiger partial charge in [-0.15, -0.1) is 0 Å². The number of rotatable bonds is 7. The number of guanidine groups is 1. The van der Waals surface area contributed by atoms with E-state index in [1.807, 2.05) is 6.07 Å². The van der Waals surface area contributed by atoms with Gasteiger partial charge in [0.25, 0.3) is 0 Å². The van der Waals surface area contributed by atoms with E-state index in [2.05, 4.69) is 29.5 Å².